The van der Waals surface area contributed by atoms with Gasteiger partial charge in [0.15, 0.2) is 0 Å². The van der Waals surface area contributed by atoms with Gasteiger partial charge in [0.2, 0.25) is 5.91 Å². The molecule has 0 bridgehead atoms. The lowest BCUT2D eigenvalue weighted by molar-refractivity contribution is -0.121. The molecule has 1 saturated carbocycles. The number of carbonyl (C=O) groups is 1. The van der Waals surface area contributed by atoms with E-state index in [2.05, 4.69) is 5.32 Å². The molecule has 1 aromatic carbocycles. The van der Waals surface area contributed by atoms with Gasteiger partial charge in [0.1, 0.15) is 0 Å². The minimum Gasteiger partial charge on any atom is -0.353 e. The van der Waals surface area contributed by atoms with E-state index in [1.165, 1.54) is 0 Å². The second-order valence-electron chi connectivity index (χ2n) is 4.43. The van der Waals surface area contributed by atoms with Crippen LogP contribution >= 0.6 is 11.6 Å². The highest BCUT2D eigenvalue weighted by molar-refractivity contribution is 6.31. The quantitative estimate of drug-likeness (QED) is 0.857. The second kappa shape index (κ2) is 4.88. The van der Waals surface area contributed by atoms with Crippen LogP contribution in [0, 0.1) is 6.92 Å². The molecule has 86 valence electrons. The Bertz CT molecular complexity index is 399. The summed E-state index contributed by atoms with van der Waals surface area (Å²) < 4.78 is 0. The first-order valence-electron chi connectivity index (χ1n) is 5.69. The Morgan fingerprint density at radius 2 is 2.25 bits per heavy atom. The summed E-state index contributed by atoms with van der Waals surface area (Å²) in [5, 5.41) is 3.76. The Labute approximate surface area is 101 Å². The molecule has 1 aliphatic carbocycles. The highest BCUT2D eigenvalue weighted by atomic mass is 35.5. The lowest BCUT2D eigenvalue weighted by Gasteiger charge is -2.05. The van der Waals surface area contributed by atoms with Gasteiger partial charge in [-0.15, -0.1) is 0 Å². The summed E-state index contributed by atoms with van der Waals surface area (Å²) in [5.74, 6) is 0.152. The van der Waals surface area contributed by atoms with Gasteiger partial charge in [0.05, 0.1) is 0 Å². The molecule has 1 aromatic rings. The van der Waals surface area contributed by atoms with Crippen molar-refractivity contribution in [1.82, 2.24) is 5.32 Å². The number of halogens is 1. The third-order valence-corrected chi connectivity index (χ3v) is 3.23. The Morgan fingerprint density at radius 1 is 1.50 bits per heavy atom. The van der Waals surface area contributed by atoms with Gasteiger partial charge in [0, 0.05) is 17.5 Å². The smallest absolute Gasteiger partial charge is 0.220 e. The largest absolute Gasteiger partial charge is 0.353 e. The van der Waals surface area contributed by atoms with Crippen LogP contribution in [0.1, 0.15) is 30.4 Å². The Balaban J connectivity index is 1.83. The third kappa shape index (κ3) is 3.24. The topological polar surface area (TPSA) is 29.1 Å². The molecular formula is C13H16ClNO. The second-order valence-corrected chi connectivity index (χ2v) is 4.83. The number of amides is 1. The average molecular weight is 238 g/mol. The maximum Gasteiger partial charge on any atom is 0.220 e. The van der Waals surface area contributed by atoms with Gasteiger partial charge in [-0.25, -0.2) is 0 Å². The van der Waals surface area contributed by atoms with E-state index in [4.69, 9.17) is 11.6 Å². The van der Waals surface area contributed by atoms with Gasteiger partial charge in [-0.2, -0.15) is 0 Å². The number of aryl methyl sites for hydroxylation is 2. The molecule has 1 aliphatic rings. The maximum atomic E-state index is 11.5. The van der Waals surface area contributed by atoms with Crippen LogP contribution in [0.15, 0.2) is 18.2 Å². The molecule has 1 fully saturated rings. The predicted octanol–water partition coefficient (Wildman–Crippen LogP) is 2.86. The first-order valence-corrected chi connectivity index (χ1v) is 6.07. The molecule has 16 heavy (non-hydrogen) atoms. The molecule has 0 spiro atoms. The van der Waals surface area contributed by atoms with Crippen LogP contribution in [0.2, 0.25) is 5.02 Å². The fourth-order valence-electron chi connectivity index (χ4n) is 1.58. The number of rotatable bonds is 4. The summed E-state index contributed by atoms with van der Waals surface area (Å²) in [6.07, 6.45) is 3.60. The van der Waals surface area contributed by atoms with E-state index in [0.717, 1.165) is 35.4 Å². The Hall–Kier alpha value is -1.02. The van der Waals surface area contributed by atoms with Crippen molar-refractivity contribution in [2.24, 2.45) is 0 Å². The molecule has 0 heterocycles. The lowest BCUT2D eigenvalue weighted by atomic mass is 10.1. The van der Waals surface area contributed by atoms with Crippen LogP contribution in [-0.2, 0) is 11.2 Å². The zero-order chi connectivity index (χ0) is 11.5. The minimum absolute atomic E-state index is 0.152. The molecule has 3 heteroatoms. The minimum atomic E-state index is 0.152. The molecule has 2 nitrogen and oxygen atoms in total. The molecule has 1 N–H and O–H groups in total. The van der Waals surface area contributed by atoms with Crippen molar-refractivity contribution < 1.29 is 4.79 Å². The van der Waals surface area contributed by atoms with E-state index in [0.29, 0.717) is 12.5 Å². The van der Waals surface area contributed by atoms with Crippen molar-refractivity contribution in [1.29, 1.82) is 0 Å². The molecule has 0 radical (unpaired) electrons. The molecule has 2 rings (SSSR count). The fraction of sp³-hybridized carbons (Fsp3) is 0.462. The summed E-state index contributed by atoms with van der Waals surface area (Å²) >= 11 is 6.02. The predicted molar refractivity (Wildman–Crippen MR) is 65.7 cm³/mol. The zero-order valence-corrected chi connectivity index (χ0v) is 10.2. The van der Waals surface area contributed by atoms with Crippen molar-refractivity contribution >= 4 is 17.5 Å². The van der Waals surface area contributed by atoms with Crippen LogP contribution in [-0.4, -0.2) is 11.9 Å². The lowest BCUT2D eigenvalue weighted by Crippen LogP contribution is -2.25. The van der Waals surface area contributed by atoms with E-state index in [1.54, 1.807) is 0 Å². The van der Waals surface area contributed by atoms with E-state index in [9.17, 15) is 4.79 Å². The van der Waals surface area contributed by atoms with Crippen LogP contribution in [0.3, 0.4) is 0 Å². The summed E-state index contributed by atoms with van der Waals surface area (Å²) in [6.45, 7) is 1.98. The molecule has 0 unspecified atom stereocenters. The highest BCUT2D eigenvalue weighted by Crippen LogP contribution is 2.20. The zero-order valence-electron chi connectivity index (χ0n) is 9.42. The van der Waals surface area contributed by atoms with Crippen molar-refractivity contribution in [3.05, 3.63) is 34.3 Å². The maximum absolute atomic E-state index is 11.5. The Kier molecular flexibility index (Phi) is 3.49. The van der Waals surface area contributed by atoms with E-state index >= 15 is 0 Å². The standard InChI is InChI=1S/C13H16ClNO/c1-9-2-3-10(8-12(9)14)4-7-13(16)15-11-5-6-11/h2-3,8,11H,4-7H2,1H3,(H,15,16). The first-order chi connectivity index (χ1) is 7.65. The molecule has 0 atom stereocenters. The SMILES string of the molecule is Cc1ccc(CCC(=O)NC2CC2)cc1Cl. The summed E-state index contributed by atoms with van der Waals surface area (Å²) in [7, 11) is 0. The van der Waals surface area contributed by atoms with E-state index in [-0.39, 0.29) is 5.91 Å². The van der Waals surface area contributed by atoms with Crippen LogP contribution in [0.5, 0.6) is 0 Å². The fourth-order valence-corrected chi connectivity index (χ4v) is 1.78. The number of nitrogens with one attached hydrogen (secondary N) is 1. The molecule has 0 aliphatic heterocycles. The Morgan fingerprint density at radius 3 is 2.88 bits per heavy atom. The van der Waals surface area contributed by atoms with Crippen molar-refractivity contribution in [3.63, 3.8) is 0 Å². The number of benzene rings is 1. The van der Waals surface area contributed by atoms with Crippen LogP contribution in [0.25, 0.3) is 0 Å². The van der Waals surface area contributed by atoms with E-state index in [1.807, 2.05) is 25.1 Å². The molecular weight excluding hydrogens is 222 g/mol. The number of hydrogen-bond donors (Lipinski definition) is 1. The van der Waals surface area contributed by atoms with E-state index < -0.39 is 0 Å². The van der Waals surface area contributed by atoms with Gasteiger partial charge in [-0.05, 0) is 43.4 Å². The van der Waals surface area contributed by atoms with Gasteiger partial charge in [0.25, 0.3) is 0 Å². The monoisotopic (exact) mass is 237 g/mol. The van der Waals surface area contributed by atoms with Gasteiger partial charge in [-0.3, -0.25) is 4.79 Å². The van der Waals surface area contributed by atoms with Gasteiger partial charge >= 0.3 is 0 Å². The van der Waals surface area contributed by atoms with Crippen LogP contribution in [0.4, 0.5) is 0 Å². The summed E-state index contributed by atoms with van der Waals surface area (Å²) in [5.41, 5.74) is 2.20. The third-order valence-electron chi connectivity index (χ3n) is 2.82. The first kappa shape index (κ1) is 11.5. The number of carbonyl (C=O) groups excluding carboxylic acids is 1. The van der Waals surface area contributed by atoms with Crippen LogP contribution < -0.4 is 5.32 Å². The average Bonchev–Trinajstić information content (AvgIpc) is 3.04. The molecule has 1 amide bonds. The summed E-state index contributed by atoms with van der Waals surface area (Å²) in [6, 6.07) is 6.43. The molecule has 0 aromatic heterocycles. The van der Waals surface area contributed by atoms with Gasteiger partial charge in [-0.1, -0.05) is 23.7 Å². The van der Waals surface area contributed by atoms with Crippen molar-refractivity contribution in [2.75, 3.05) is 0 Å². The van der Waals surface area contributed by atoms with Crippen molar-refractivity contribution in [3.8, 4) is 0 Å². The van der Waals surface area contributed by atoms with Crippen molar-refractivity contribution in [2.45, 2.75) is 38.6 Å². The number of hydrogen-bond acceptors (Lipinski definition) is 1. The van der Waals surface area contributed by atoms with Gasteiger partial charge < -0.3 is 5.32 Å². The highest BCUT2D eigenvalue weighted by Gasteiger charge is 2.22. The summed E-state index contributed by atoms with van der Waals surface area (Å²) in [4.78, 5) is 11.5. The molecule has 0 saturated heterocycles. The normalized spacial score (nSPS) is 14.9.